The minimum atomic E-state index is -1.02. The first-order valence-electron chi connectivity index (χ1n) is 7.94. The number of benzene rings is 1. The van der Waals surface area contributed by atoms with Crippen LogP contribution < -0.4 is 4.90 Å². The molecule has 0 aliphatic heterocycles. The Morgan fingerprint density at radius 3 is 2.11 bits per heavy atom. The van der Waals surface area contributed by atoms with Crippen molar-refractivity contribution in [2.24, 2.45) is 0 Å². The van der Waals surface area contributed by atoms with Gasteiger partial charge in [-0.25, -0.2) is 0 Å². The number of hydrogen-bond donors (Lipinski definition) is 4. The molecule has 1 aromatic carbocycles. The van der Waals surface area contributed by atoms with E-state index in [2.05, 4.69) is 67.8 Å². The molecule has 0 spiro atoms. The van der Waals surface area contributed by atoms with Crippen LogP contribution in [0.15, 0.2) is 6.07 Å². The fraction of sp³-hybridized carbons (Fsp3) is 0.562. The van der Waals surface area contributed by atoms with Crippen molar-refractivity contribution in [1.82, 2.24) is 4.90 Å². The predicted octanol–water partition coefficient (Wildman–Crippen LogP) is 1.41. The summed E-state index contributed by atoms with van der Waals surface area (Å²) in [5.74, 6) is -0.219. The summed E-state index contributed by atoms with van der Waals surface area (Å²) >= 11 is 6.59. The molecule has 156 valence electrons. The Morgan fingerprint density at radius 2 is 1.67 bits per heavy atom. The summed E-state index contributed by atoms with van der Waals surface area (Å²) in [6, 6.07) is 1.96. The van der Waals surface area contributed by atoms with Crippen molar-refractivity contribution in [2.75, 3.05) is 44.4 Å². The van der Waals surface area contributed by atoms with Crippen LogP contribution in [-0.2, 0) is 11.3 Å². The maximum atomic E-state index is 12.2. The van der Waals surface area contributed by atoms with Gasteiger partial charge >= 0.3 is 0 Å². The van der Waals surface area contributed by atoms with E-state index >= 15 is 0 Å². The number of amides is 1. The zero-order valence-electron chi connectivity index (χ0n) is 14.7. The second kappa shape index (κ2) is 14.1. The van der Waals surface area contributed by atoms with Crippen LogP contribution in [0.5, 0.6) is 0 Å². The lowest BCUT2D eigenvalue weighted by Gasteiger charge is -2.29. The molecule has 1 unspecified atom stereocenters. The second-order valence-corrected chi connectivity index (χ2v) is 9.07. The van der Waals surface area contributed by atoms with Crippen LogP contribution in [-0.4, -0.2) is 76.8 Å². The van der Waals surface area contributed by atoms with Gasteiger partial charge < -0.3 is 25.3 Å². The van der Waals surface area contributed by atoms with E-state index in [1.807, 2.05) is 11.0 Å². The standard InChI is InChI=1S/C16H23I3N2O5.ClH/c1-10(25)21(7-11(26)9-24)16-14(18)6-13(17)12(15(16)19)8-20(2-4-22)3-5-23;/h6,11,22-24,26H,2-5,7-9H2,1H3;1H. The van der Waals surface area contributed by atoms with Gasteiger partial charge in [-0.1, -0.05) is 0 Å². The molecular formula is C16H24ClI3N2O5. The van der Waals surface area contributed by atoms with E-state index in [9.17, 15) is 20.1 Å². The molecule has 1 amide bonds. The topological polar surface area (TPSA) is 104 Å². The van der Waals surface area contributed by atoms with Gasteiger partial charge in [0.1, 0.15) is 0 Å². The number of carbonyl (C=O) groups is 1. The first-order chi connectivity index (χ1) is 12.3. The maximum Gasteiger partial charge on any atom is 0.224 e. The molecule has 11 heteroatoms. The molecule has 0 radical (unpaired) electrons. The number of rotatable bonds is 10. The maximum absolute atomic E-state index is 12.2. The monoisotopic (exact) mass is 740 g/mol. The Bertz CT molecular complexity index is 618. The Hall–Kier alpha value is 0.970. The third-order valence-electron chi connectivity index (χ3n) is 3.71. The predicted molar refractivity (Wildman–Crippen MR) is 132 cm³/mol. The number of anilines is 1. The van der Waals surface area contributed by atoms with Gasteiger partial charge in [0.05, 0.1) is 38.2 Å². The van der Waals surface area contributed by atoms with Crippen LogP contribution in [0.4, 0.5) is 5.69 Å². The summed E-state index contributed by atoms with van der Waals surface area (Å²) < 4.78 is 2.77. The van der Waals surface area contributed by atoms with Crippen molar-refractivity contribution in [3.8, 4) is 0 Å². The lowest BCUT2D eigenvalue weighted by Crippen LogP contribution is -2.39. The SMILES string of the molecule is CC(=O)N(CC(O)CO)c1c(I)cc(I)c(CN(CCO)CCO)c1I.Cl. The molecular weight excluding hydrogens is 716 g/mol. The highest BCUT2D eigenvalue weighted by Gasteiger charge is 2.24. The quantitative estimate of drug-likeness (QED) is 0.271. The Balaban J connectivity index is 0.00000676. The van der Waals surface area contributed by atoms with Crippen LogP contribution in [0.2, 0.25) is 0 Å². The summed E-state index contributed by atoms with van der Waals surface area (Å²) in [5.41, 5.74) is 1.70. The highest BCUT2D eigenvalue weighted by molar-refractivity contribution is 14.1. The van der Waals surface area contributed by atoms with E-state index < -0.39 is 12.7 Å². The van der Waals surface area contributed by atoms with Crippen LogP contribution >= 0.6 is 80.2 Å². The summed E-state index contributed by atoms with van der Waals surface area (Å²) in [5, 5.41) is 37.4. The third kappa shape index (κ3) is 8.32. The van der Waals surface area contributed by atoms with E-state index in [1.165, 1.54) is 11.8 Å². The largest absolute Gasteiger partial charge is 0.395 e. The molecule has 0 heterocycles. The minimum absolute atomic E-state index is 0. The summed E-state index contributed by atoms with van der Waals surface area (Å²) in [7, 11) is 0. The Morgan fingerprint density at radius 1 is 1.11 bits per heavy atom. The number of carbonyl (C=O) groups excluding carboxylic acids is 1. The Labute approximate surface area is 206 Å². The number of aliphatic hydroxyl groups is 4. The first kappa shape index (κ1) is 28.0. The molecule has 0 fully saturated rings. The van der Waals surface area contributed by atoms with Crippen molar-refractivity contribution in [3.63, 3.8) is 0 Å². The molecule has 1 atom stereocenters. The normalized spacial score (nSPS) is 12.0. The lowest BCUT2D eigenvalue weighted by atomic mass is 10.1. The Kier molecular flexibility index (Phi) is 14.6. The molecule has 0 bridgehead atoms. The fourth-order valence-electron chi connectivity index (χ4n) is 2.43. The van der Waals surface area contributed by atoms with Gasteiger partial charge in [0.25, 0.3) is 0 Å². The summed E-state index contributed by atoms with van der Waals surface area (Å²) in [4.78, 5) is 15.6. The van der Waals surface area contributed by atoms with Gasteiger partial charge in [-0.05, 0) is 79.4 Å². The molecule has 0 aromatic heterocycles. The van der Waals surface area contributed by atoms with Crippen molar-refractivity contribution in [1.29, 1.82) is 0 Å². The molecule has 4 N–H and O–H groups in total. The molecule has 0 aliphatic carbocycles. The molecule has 0 saturated heterocycles. The molecule has 1 aromatic rings. The van der Waals surface area contributed by atoms with Crippen LogP contribution in [0.25, 0.3) is 0 Å². The van der Waals surface area contributed by atoms with Gasteiger partial charge in [-0.3, -0.25) is 9.69 Å². The highest BCUT2D eigenvalue weighted by atomic mass is 127. The molecule has 27 heavy (non-hydrogen) atoms. The smallest absolute Gasteiger partial charge is 0.224 e. The zero-order chi connectivity index (χ0) is 19.9. The van der Waals surface area contributed by atoms with E-state index in [0.717, 1.165) is 16.3 Å². The third-order valence-corrected chi connectivity index (χ3v) is 6.66. The number of nitrogens with zero attached hydrogens (tertiary/aromatic N) is 2. The van der Waals surface area contributed by atoms with Gasteiger partial charge in [0.2, 0.25) is 5.91 Å². The number of hydrogen-bond acceptors (Lipinski definition) is 6. The van der Waals surface area contributed by atoms with Gasteiger partial charge in [-0.15, -0.1) is 12.4 Å². The minimum Gasteiger partial charge on any atom is -0.395 e. The van der Waals surface area contributed by atoms with E-state index in [0.29, 0.717) is 25.3 Å². The molecule has 0 saturated carbocycles. The van der Waals surface area contributed by atoms with E-state index in [4.69, 9.17) is 5.11 Å². The second-order valence-electron chi connectivity index (χ2n) is 5.67. The van der Waals surface area contributed by atoms with Crippen molar-refractivity contribution in [3.05, 3.63) is 22.3 Å². The van der Waals surface area contributed by atoms with Crippen molar-refractivity contribution in [2.45, 2.75) is 19.6 Å². The van der Waals surface area contributed by atoms with Crippen molar-refractivity contribution >= 4 is 91.8 Å². The van der Waals surface area contributed by atoms with Gasteiger partial charge in [0.15, 0.2) is 0 Å². The summed E-state index contributed by atoms with van der Waals surface area (Å²) in [6.07, 6.45) is -1.02. The van der Waals surface area contributed by atoms with Gasteiger partial charge in [0, 0.05) is 37.3 Å². The lowest BCUT2D eigenvalue weighted by molar-refractivity contribution is -0.117. The molecule has 7 nitrogen and oxygen atoms in total. The van der Waals surface area contributed by atoms with Gasteiger partial charge in [-0.2, -0.15) is 0 Å². The average Bonchev–Trinajstić information content (AvgIpc) is 2.57. The van der Waals surface area contributed by atoms with Crippen LogP contribution in [0.3, 0.4) is 0 Å². The zero-order valence-corrected chi connectivity index (χ0v) is 22.0. The van der Waals surface area contributed by atoms with E-state index in [1.54, 1.807) is 0 Å². The van der Waals surface area contributed by atoms with Crippen molar-refractivity contribution < 1.29 is 25.2 Å². The van der Waals surface area contributed by atoms with Crippen LogP contribution in [0, 0.1) is 10.7 Å². The number of aliphatic hydroxyl groups excluding tert-OH is 4. The van der Waals surface area contributed by atoms with E-state index in [-0.39, 0.29) is 38.1 Å². The van der Waals surface area contributed by atoms with Crippen LogP contribution in [0.1, 0.15) is 12.5 Å². The highest BCUT2D eigenvalue weighted by Crippen LogP contribution is 2.35. The molecule has 1 rings (SSSR count). The number of halogens is 4. The molecule has 0 aliphatic rings. The average molecular weight is 741 g/mol. The first-order valence-corrected chi connectivity index (χ1v) is 11.2. The summed E-state index contributed by atoms with van der Waals surface area (Å²) in [6.45, 7) is 2.40. The fourth-order valence-corrected chi connectivity index (χ4v) is 6.73.